The average molecular weight is 263 g/mol. The van der Waals surface area contributed by atoms with E-state index in [9.17, 15) is 13.2 Å². The van der Waals surface area contributed by atoms with Gasteiger partial charge in [0.2, 0.25) is 0 Å². The van der Waals surface area contributed by atoms with Crippen molar-refractivity contribution in [3.8, 4) is 0 Å². The summed E-state index contributed by atoms with van der Waals surface area (Å²) >= 11 is 0. The number of nitrogens with zero attached hydrogens (tertiary/aromatic N) is 1. The van der Waals surface area contributed by atoms with Crippen LogP contribution in [0.15, 0.2) is 0 Å². The molecule has 1 rings (SSSR count). The number of esters is 1. The maximum atomic E-state index is 11.8. The third-order valence-electron chi connectivity index (χ3n) is 2.67. The van der Waals surface area contributed by atoms with Crippen molar-refractivity contribution in [3.05, 3.63) is 0 Å². The van der Waals surface area contributed by atoms with E-state index in [0.29, 0.717) is 13.1 Å². The maximum Gasteiger partial charge on any atom is 0.323 e. The van der Waals surface area contributed by atoms with Gasteiger partial charge in [-0.05, 0) is 27.7 Å². The minimum absolute atomic E-state index is 0.125. The van der Waals surface area contributed by atoms with Crippen molar-refractivity contribution in [1.82, 2.24) is 4.90 Å². The van der Waals surface area contributed by atoms with Gasteiger partial charge in [-0.3, -0.25) is 9.69 Å². The zero-order valence-electron chi connectivity index (χ0n) is 10.9. The molecule has 5 nitrogen and oxygen atoms in total. The normalized spacial score (nSPS) is 23.1. The number of sulfone groups is 1. The second-order valence-electron chi connectivity index (χ2n) is 5.40. The molecular weight excluding hydrogens is 242 g/mol. The molecule has 6 heteroatoms. The van der Waals surface area contributed by atoms with Crippen molar-refractivity contribution in [2.75, 3.05) is 24.6 Å². The Morgan fingerprint density at radius 2 is 1.71 bits per heavy atom. The van der Waals surface area contributed by atoms with Crippen LogP contribution in [0, 0.1) is 0 Å². The molecular formula is C11H21NO4S. The van der Waals surface area contributed by atoms with Crippen LogP contribution in [0.25, 0.3) is 0 Å². The molecule has 1 saturated heterocycles. The Kier molecular flexibility index (Phi) is 4.19. The van der Waals surface area contributed by atoms with E-state index in [0.717, 1.165) is 0 Å². The van der Waals surface area contributed by atoms with Gasteiger partial charge in [0.05, 0.1) is 11.5 Å². The second-order valence-corrected chi connectivity index (χ2v) is 7.70. The van der Waals surface area contributed by atoms with Crippen molar-refractivity contribution >= 4 is 15.8 Å². The van der Waals surface area contributed by atoms with Crippen molar-refractivity contribution in [1.29, 1.82) is 0 Å². The molecule has 1 unspecified atom stereocenters. The van der Waals surface area contributed by atoms with Crippen molar-refractivity contribution in [2.24, 2.45) is 0 Å². The van der Waals surface area contributed by atoms with Crippen molar-refractivity contribution in [3.63, 3.8) is 0 Å². The molecule has 1 aliphatic heterocycles. The third kappa shape index (κ3) is 4.63. The molecule has 0 aromatic rings. The summed E-state index contributed by atoms with van der Waals surface area (Å²) in [6.45, 7) is 8.02. The smallest absolute Gasteiger partial charge is 0.323 e. The van der Waals surface area contributed by atoms with Gasteiger partial charge in [0, 0.05) is 13.1 Å². The monoisotopic (exact) mass is 263 g/mol. The molecule has 0 amide bonds. The van der Waals surface area contributed by atoms with Crippen LogP contribution in [0.2, 0.25) is 0 Å². The highest BCUT2D eigenvalue weighted by molar-refractivity contribution is 7.91. The second kappa shape index (κ2) is 4.94. The Hall–Kier alpha value is -0.620. The fourth-order valence-electron chi connectivity index (χ4n) is 1.65. The molecule has 0 saturated carbocycles. The number of carbonyl (C=O) groups excluding carboxylic acids is 1. The van der Waals surface area contributed by atoms with Gasteiger partial charge >= 0.3 is 5.97 Å². The number of hydrogen-bond donors (Lipinski definition) is 0. The molecule has 1 atom stereocenters. The van der Waals surface area contributed by atoms with Crippen LogP contribution < -0.4 is 0 Å². The van der Waals surface area contributed by atoms with E-state index in [4.69, 9.17) is 4.74 Å². The van der Waals surface area contributed by atoms with Crippen LogP contribution in [0.5, 0.6) is 0 Å². The fourth-order valence-corrected chi connectivity index (χ4v) is 2.88. The Morgan fingerprint density at radius 3 is 2.12 bits per heavy atom. The molecule has 100 valence electrons. The standard InChI is InChI=1S/C11H21NO4S/c1-9(10(13)16-11(2,3)4)12-5-7-17(14,15)8-6-12/h9H,5-8H2,1-4H3. The Labute approximate surface area is 103 Å². The molecule has 0 radical (unpaired) electrons. The zero-order valence-corrected chi connectivity index (χ0v) is 11.7. The van der Waals surface area contributed by atoms with Crippen molar-refractivity contribution < 1.29 is 17.9 Å². The average Bonchev–Trinajstić information content (AvgIpc) is 2.14. The SMILES string of the molecule is CC(C(=O)OC(C)(C)C)N1CCS(=O)(=O)CC1. The van der Waals surface area contributed by atoms with Crippen LogP contribution in [-0.2, 0) is 19.4 Å². The summed E-state index contributed by atoms with van der Waals surface area (Å²) in [5.41, 5.74) is -0.507. The molecule has 0 N–H and O–H groups in total. The highest BCUT2D eigenvalue weighted by Gasteiger charge is 2.30. The third-order valence-corrected chi connectivity index (χ3v) is 4.28. The minimum atomic E-state index is -2.90. The first kappa shape index (κ1) is 14.4. The Bertz CT molecular complexity index is 369. The first-order chi connectivity index (χ1) is 7.61. The van der Waals surface area contributed by atoms with Crippen molar-refractivity contribution in [2.45, 2.75) is 39.3 Å². The van der Waals surface area contributed by atoms with Crippen LogP contribution in [0.4, 0.5) is 0 Å². The van der Waals surface area contributed by atoms with E-state index in [-0.39, 0.29) is 23.5 Å². The molecule has 17 heavy (non-hydrogen) atoms. The van der Waals surface area contributed by atoms with Gasteiger partial charge in [-0.2, -0.15) is 0 Å². The number of carbonyl (C=O) groups is 1. The van der Waals surface area contributed by atoms with E-state index in [1.54, 1.807) is 6.92 Å². The quantitative estimate of drug-likeness (QED) is 0.677. The van der Waals surface area contributed by atoms with Crippen LogP contribution in [-0.4, -0.2) is 55.5 Å². The van der Waals surface area contributed by atoms with Gasteiger partial charge in [0.1, 0.15) is 11.6 Å². The van der Waals surface area contributed by atoms with E-state index in [2.05, 4.69) is 0 Å². The summed E-state index contributed by atoms with van der Waals surface area (Å²) in [5.74, 6) is -0.0444. The highest BCUT2D eigenvalue weighted by Crippen LogP contribution is 2.13. The molecule has 1 fully saturated rings. The lowest BCUT2D eigenvalue weighted by molar-refractivity contribution is -0.160. The largest absolute Gasteiger partial charge is 0.459 e. The van der Waals surface area contributed by atoms with Gasteiger partial charge < -0.3 is 4.74 Å². The number of hydrogen-bond acceptors (Lipinski definition) is 5. The Morgan fingerprint density at radius 1 is 1.24 bits per heavy atom. The van der Waals surface area contributed by atoms with Gasteiger partial charge in [-0.15, -0.1) is 0 Å². The van der Waals surface area contributed by atoms with Gasteiger partial charge in [-0.1, -0.05) is 0 Å². The van der Waals surface area contributed by atoms with Crippen LogP contribution in [0.3, 0.4) is 0 Å². The lowest BCUT2D eigenvalue weighted by atomic mass is 10.2. The van der Waals surface area contributed by atoms with E-state index in [1.165, 1.54) is 0 Å². The zero-order chi connectivity index (χ0) is 13.3. The lowest BCUT2D eigenvalue weighted by Gasteiger charge is -2.32. The van der Waals surface area contributed by atoms with E-state index < -0.39 is 15.4 Å². The molecule has 0 aromatic carbocycles. The summed E-state index contributed by atoms with van der Waals surface area (Å²) in [7, 11) is -2.90. The molecule has 1 heterocycles. The predicted molar refractivity (Wildman–Crippen MR) is 65.5 cm³/mol. The molecule has 1 aliphatic rings. The lowest BCUT2D eigenvalue weighted by Crippen LogP contribution is -2.49. The van der Waals surface area contributed by atoms with Gasteiger partial charge in [0.25, 0.3) is 0 Å². The van der Waals surface area contributed by atoms with Crippen LogP contribution in [0.1, 0.15) is 27.7 Å². The molecule has 0 aliphatic carbocycles. The number of ether oxygens (including phenoxy) is 1. The first-order valence-electron chi connectivity index (χ1n) is 5.78. The Balaban J connectivity index is 2.54. The summed E-state index contributed by atoms with van der Waals surface area (Å²) < 4.78 is 27.8. The summed E-state index contributed by atoms with van der Waals surface area (Å²) in [4.78, 5) is 13.7. The fraction of sp³-hybridized carbons (Fsp3) is 0.909. The number of rotatable bonds is 2. The predicted octanol–water partition coefficient (Wildman–Crippen LogP) is 0.447. The maximum absolute atomic E-state index is 11.8. The summed E-state index contributed by atoms with van der Waals surface area (Å²) in [6, 6.07) is -0.385. The summed E-state index contributed by atoms with van der Waals surface area (Å²) in [5, 5.41) is 0. The first-order valence-corrected chi connectivity index (χ1v) is 7.60. The topological polar surface area (TPSA) is 63.7 Å². The molecule has 0 aromatic heterocycles. The van der Waals surface area contributed by atoms with Crippen LogP contribution >= 0.6 is 0 Å². The highest BCUT2D eigenvalue weighted by atomic mass is 32.2. The summed E-state index contributed by atoms with van der Waals surface area (Å²) in [6.07, 6.45) is 0. The van der Waals surface area contributed by atoms with Gasteiger partial charge in [0.15, 0.2) is 9.84 Å². The minimum Gasteiger partial charge on any atom is -0.459 e. The van der Waals surface area contributed by atoms with E-state index in [1.807, 2.05) is 25.7 Å². The van der Waals surface area contributed by atoms with Gasteiger partial charge in [-0.25, -0.2) is 8.42 Å². The molecule has 0 bridgehead atoms. The van der Waals surface area contributed by atoms with E-state index >= 15 is 0 Å². The molecule has 0 spiro atoms.